The normalized spacial score (nSPS) is 17.7. The fourth-order valence-electron chi connectivity index (χ4n) is 2.84. The van der Waals surface area contributed by atoms with Crippen molar-refractivity contribution in [3.8, 4) is 5.75 Å². The molecule has 1 N–H and O–H groups in total. The second-order valence-corrected chi connectivity index (χ2v) is 5.25. The van der Waals surface area contributed by atoms with Crippen LogP contribution in [-0.2, 0) is 0 Å². The van der Waals surface area contributed by atoms with Crippen molar-refractivity contribution in [2.45, 2.75) is 12.5 Å². The summed E-state index contributed by atoms with van der Waals surface area (Å²) < 4.78 is 8.54. The van der Waals surface area contributed by atoms with E-state index >= 15 is 0 Å². The van der Waals surface area contributed by atoms with Gasteiger partial charge in [-0.05, 0) is 30.4 Å². The number of hydrogen-bond acceptors (Lipinski definition) is 3. The lowest BCUT2D eigenvalue weighted by Crippen LogP contribution is -2.20. The second-order valence-electron chi connectivity index (χ2n) is 4.87. The van der Waals surface area contributed by atoms with Gasteiger partial charge in [-0.2, -0.15) is 0 Å². The minimum absolute atomic E-state index is 0.177. The number of nitrogens with one attached hydrogen (secondary N) is 1. The Labute approximate surface area is 121 Å². The number of hydrogen-bond donors (Lipinski definition) is 1. The van der Waals surface area contributed by atoms with Crippen molar-refractivity contribution in [2.24, 2.45) is 0 Å². The van der Waals surface area contributed by atoms with E-state index in [1.165, 1.54) is 5.56 Å². The largest absolute Gasteiger partial charge is 0.493 e. The first-order valence-electron chi connectivity index (χ1n) is 6.61. The van der Waals surface area contributed by atoms with Crippen LogP contribution < -0.4 is 4.74 Å². The Balaban J connectivity index is 1.97. The number of para-hydroxylation sites is 1. The zero-order valence-corrected chi connectivity index (χ0v) is 11.6. The molecule has 0 aliphatic carbocycles. The number of ether oxygens (including phenoxy) is 1. The number of pyridine rings is 1. The predicted molar refractivity (Wildman–Crippen MR) is 79.6 cm³/mol. The van der Waals surface area contributed by atoms with E-state index < -0.39 is 0 Å². The van der Waals surface area contributed by atoms with Crippen LogP contribution in [-0.4, -0.2) is 21.1 Å². The number of benzene rings is 1. The molecular formula is C15H13N3OS. The molecule has 1 aliphatic heterocycles. The lowest BCUT2D eigenvalue weighted by molar-refractivity contribution is 0.257. The summed E-state index contributed by atoms with van der Waals surface area (Å²) >= 11 is 5.49. The third-order valence-electron chi connectivity index (χ3n) is 3.71. The maximum absolute atomic E-state index is 5.73. The summed E-state index contributed by atoms with van der Waals surface area (Å²) in [7, 11) is 0. The number of aromatic nitrogens is 3. The van der Waals surface area contributed by atoms with Gasteiger partial charge in [0.1, 0.15) is 5.75 Å². The van der Waals surface area contributed by atoms with Crippen LogP contribution in [0.5, 0.6) is 5.75 Å². The summed E-state index contributed by atoms with van der Waals surface area (Å²) in [5.41, 5.74) is 3.04. The summed E-state index contributed by atoms with van der Waals surface area (Å²) in [6.07, 6.45) is 2.70. The highest BCUT2D eigenvalue weighted by atomic mass is 32.1. The minimum atomic E-state index is 0.177. The molecule has 5 heteroatoms. The molecule has 0 bridgehead atoms. The molecule has 0 saturated heterocycles. The van der Waals surface area contributed by atoms with Gasteiger partial charge in [0.15, 0.2) is 10.4 Å². The fraction of sp³-hybridized carbons (Fsp3) is 0.200. The molecule has 0 amide bonds. The third kappa shape index (κ3) is 1.67. The molecule has 0 fully saturated rings. The van der Waals surface area contributed by atoms with Crippen LogP contribution >= 0.6 is 12.2 Å². The Kier molecular flexibility index (Phi) is 2.60. The van der Waals surface area contributed by atoms with Gasteiger partial charge in [-0.25, -0.2) is 4.98 Å². The van der Waals surface area contributed by atoms with Gasteiger partial charge in [0.05, 0.1) is 18.2 Å². The number of aromatic amines is 1. The Morgan fingerprint density at radius 3 is 3.10 bits per heavy atom. The molecule has 0 radical (unpaired) electrons. The topological polar surface area (TPSA) is 42.8 Å². The van der Waals surface area contributed by atoms with Crippen molar-refractivity contribution in [1.29, 1.82) is 0 Å². The van der Waals surface area contributed by atoms with Crippen LogP contribution in [0.2, 0.25) is 0 Å². The Bertz CT molecular complexity index is 836. The molecule has 3 aromatic rings. The summed E-state index contributed by atoms with van der Waals surface area (Å²) in [4.78, 5) is 7.70. The molecular weight excluding hydrogens is 270 g/mol. The van der Waals surface area contributed by atoms with Crippen molar-refractivity contribution < 1.29 is 4.74 Å². The average molecular weight is 283 g/mol. The van der Waals surface area contributed by atoms with Crippen molar-refractivity contribution in [1.82, 2.24) is 14.5 Å². The molecule has 1 aromatic carbocycles. The molecule has 20 heavy (non-hydrogen) atoms. The monoisotopic (exact) mass is 283 g/mol. The summed E-state index contributed by atoms with van der Waals surface area (Å²) in [5.74, 6) is 0.941. The van der Waals surface area contributed by atoms with Gasteiger partial charge >= 0.3 is 0 Å². The Morgan fingerprint density at radius 2 is 2.15 bits per heavy atom. The smallest absolute Gasteiger partial charge is 0.179 e. The Hall–Kier alpha value is -2.14. The van der Waals surface area contributed by atoms with Crippen LogP contribution in [0, 0.1) is 4.77 Å². The molecule has 0 saturated carbocycles. The molecule has 4 nitrogen and oxygen atoms in total. The van der Waals surface area contributed by atoms with Crippen molar-refractivity contribution >= 4 is 23.4 Å². The van der Waals surface area contributed by atoms with Crippen LogP contribution in [0.25, 0.3) is 11.2 Å². The summed E-state index contributed by atoms with van der Waals surface area (Å²) in [5, 5.41) is 0. The van der Waals surface area contributed by atoms with Gasteiger partial charge in [0.2, 0.25) is 0 Å². The van der Waals surface area contributed by atoms with Crippen LogP contribution in [0.3, 0.4) is 0 Å². The van der Waals surface area contributed by atoms with E-state index in [0.717, 1.165) is 23.3 Å². The molecule has 4 rings (SSSR count). The molecule has 100 valence electrons. The standard InChI is InChI=1S/C15H13N3OS/c20-15-17-11-5-3-8-16-14(11)18(15)12-7-9-19-13-6-2-1-4-10(12)13/h1-6,8,12H,7,9H2,(H,17,20). The number of fused-ring (bicyclic) bond motifs is 2. The summed E-state index contributed by atoms with van der Waals surface area (Å²) in [6, 6.07) is 12.2. The zero-order chi connectivity index (χ0) is 13.5. The molecule has 1 unspecified atom stereocenters. The van der Waals surface area contributed by atoms with E-state index in [4.69, 9.17) is 17.0 Å². The first-order chi connectivity index (χ1) is 9.84. The third-order valence-corrected chi connectivity index (χ3v) is 4.01. The fourth-order valence-corrected chi connectivity index (χ4v) is 3.16. The van der Waals surface area contributed by atoms with Crippen molar-refractivity contribution in [2.75, 3.05) is 6.61 Å². The number of nitrogens with zero attached hydrogens (tertiary/aromatic N) is 2. The highest BCUT2D eigenvalue weighted by Gasteiger charge is 2.25. The van der Waals surface area contributed by atoms with E-state index in [2.05, 4.69) is 20.6 Å². The zero-order valence-electron chi connectivity index (χ0n) is 10.7. The maximum Gasteiger partial charge on any atom is 0.179 e. The first kappa shape index (κ1) is 11.7. The van der Waals surface area contributed by atoms with Crippen molar-refractivity contribution in [3.05, 3.63) is 52.9 Å². The maximum atomic E-state index is 5.73. The quantitative estimate of drug-likeness (QED) is 0.695. The van der Waals surface area contributed by atoms with Gasteiger partial charge in [0, 0.05) is 18.2 Å². The highest BCUT2D eigenvalue weighted by Crippen LogP contribution is 2.35. The SMILES string of the molecule is S=c1[nH]c2cccnc2n1C1CCOc2ccccc21. The van der Waals surface area contributed by atoms with Gasteiger partial charge < -0.3 is 9.72 Å². The average Bonchev–Trinajstić information content (AvgIpc) is 2.82. The highest BCUT2D eigenvalue weighted by molar-refractivity contribution is 7.71. The van der Waals surface area contributed by atoms with Gasteiger partial charge in [0.25, 0.3) is 0 Å². The Morgan fingerprint density at radius 1 is 1.25 bits per heavy atom. The van der Waals surface area contributed by atoms with Crippen LogP contribution in [0.1, 0.15) is 18.0 Å². The predicted octanol–water partition coefficient (Wildman–Crippen LogP) is 3.47. The van der Waals surface area contributed by atoms with Gasteiger partial charge in [-0.1, -0.05) is 18.2 Å². The number of H-pyrrole nitrogens is 1. The van der Waals surface area contributed by atoms with Crippen molar-refractivity contribution in [3.63, 3.8) is 0 Å². The van der Waals surface area contributed by atoms with Crippen LogP contribution in [0.15, 0.2) is 42.6 Å². The molecule has 2 aromatic heterocycles. The van der Waals surface area contributed by atoms with Gasteiger partial charge in [-0.15, -0.1) is 0 Å². The van der Waals surface area contributed by atoms with E-state index in [1.54, 1.807) is 6.20 Å². The van der Waals surface area contributed by atoms with Gasteiger partial charge in [-0.3, -0.25) is 4.57 Å². The molecule has 3 heterocycles. The lowest BCUT2D eigenvalue weighted by Gasteiger charge is -2.27. The molecule has 1 atom stereocenters. The van der Waals surface area contributed by atoms with Crippen LogP contribution in [0.4, 0.5) is 0 Å². The second kappa shape index (κ2) is 4.45. The van der Waals surface area contributed by atoms with E-state index in [9.17, 15) is 0 Å². The number of imidazole rings is 1. The minimum Gasteiger partial charge on any atom is -0.493 e. The van der Waals surface area contributed by atoms with E-state index in [1.807, 2.05) is 30.3 Å². The summed E-state index contributed by atoms with van der Waals surface area (Å²) in [6.45, 7) is 0.697. The first-order valence-corrected chi connectivity index (χ1v) is 7.02. The lowest BCUT2D eigenvalue weighted by atomic mass is 10.0. The van der Waals surface area contributed by atoms with E-state index in [-0.39, 0.29) is 6.04 Å². The van der Waals surface area contributed by atoms with E-state index in [0.29, 0.717) is 11.4 Å². The molecule has 1 aliphatic rings. The molecule has 0 spiro atoms. The number of rotatable bonds is 1.